The molecule has 0 spiro atoms. The Kier molecular flexibility index (Phi) is 5.79. The van der Waals surface area contributed by atoms with Crippen LogP contribution in [0.1, 0.15) is 27.2 Å². The van der Waals surface area contributed by atoms with Crippen LogP contribution >= 0.6 is 0 Å². The maximum absolute atomic E-state index is 14.6. The second-order valence-electron chi connectivity index (χ2n) is 8.50. The number of nitrogens with zero attached hydrogens (tertiary/aromatic N) is 5. The van der Waals surface area contributed by atoms with Crippen molar-refractivity contribution in [1.29, 1.82) is 0 Å². The molecule has 33 heavy (non-hydrogen) atoms. The number of fused-ring (bicyclic) bond motifs is 1. The van der Waals surface area contributed by atoms with Crippen molar-refractivity contribution in [3.8, 4) is 0 Å². The van der Waals surface area contributed by atoms with Crippen molar-refractivity contribution < 1.29 is 9.18 Å². The van der Waals surface area contributed by atoms with E-state index in [1.54, 1.807) is 35.6 Å². The number of rotatable bonds is 6. The number of hydrogen-bond donors (Lipinski definition) is 0. The SMILES string of the molecule is CN(Cc1ccncc1)C1CN(C(=O)c2cc(Cc3nncc4ccccc34)ccc2F)C1. The van der Waals surface area contributed by atoms with Gasteiger partial charge in [-0.3, -0.25) is 14.7 Å². The molecular formula is C26H24FN5O. The number of likely N-dealkylation sites (tertiary alicyclic amines) is 1. The Bertz CT molecular complexity index is 1290. The normalized spacial score (nSPS) is 14.0. The topological polar surface area (TPSA) is 62.2 Å². The summed E-state index contributed by atoms with van der Waals surface area (Å²) in [7, 11) is 2.04. The Morgan fingerprint density at radius 1 is 1.09 bits per heavy atom. The van der Waals surface area contributed by atoms with Crippen LogP contribution in [0.25, 0.3) is 10.8 Å². The molecule has 0 aliphatic carbocycles. The number of aromatic nitrogens is 3. The summed E-state index contributed by atoms with van der Waals surface area (Å²) in [6.45, 7) is 1.95. The molecule has 4 aromatic rings. The predicted molar refractivity (Wildman–Crippen MR) is 124 cm³/mol. The van der Waals surface area contributed by atoms with Crippen molar-refractivity contribution >= 4 is 16.7 Å². The van der Waals surface area contributed by atoms with Crippen molar-refractivity contribution in [2.75, 3.05) is 20.1 Å². The molecule has 0 N–H and O–H groups in total. The van der Waals surface area contributed by atoms with E-state index in [1.165, 1.54) is 11.6 Å². The summed E-state index contributed by atoms with van der Waals surface area (Å²) >= 11 is 0. The molecule has 0 unspecified atom stereocenters. The summed E-state index contributed by atoms with van der Waals surface area (Å²) in [6.07, 6.45) is 5.76. The van der Waals surface area contributed by atoms with Crippen molar-refractivity contribution in [1.82, 2.24) is 25.0 Å². The van der Waals surface area contributed by atoms with Crippen molar-refractivity contribution in [3.63, 3.8) is 0 Å². The van der Waals surface area contributed by atoms with Crippen LogP contribution in [0.4, 0.5) is 4.39 Å². The van der Waals surface area contributed by atoms with E-state index in [-0.39, 0.29) is 17.5 Å². The zero-order valence-electron chi connectivity index (χ0n) is 18.4. The lowest BCUT2D eigenvalue weighted by Crippen LogP contribution is -2.60. The lowest BCUT2D eigenvalue weighted by Gasteiger charge is -2.44. The minimum absolute atomic E-state index is 0.107. The minimum Gasteiger partial charge on any atom is -0.335 e. The standard InChI is InChI=1S/C26H24FN5O/c1-31(15-18-8-10-28-11-9-18)21-16-32(17-21)26(33)23-12-19(6-7-24(23)27)13-25-22-5-3-2-4-20(22)14-29-30-25/h2-12,14,21H,13,15-17H2,1H3. The summed E-state index contributed by atoms with van der Waals surface area (Å²) in [5.41, 5.74) is 2.92. The molecule has 2 aromatic carbocycles. The third-order valence-corrected chi connectivity index (χ3v) is 6.23. The molecule has 7 heteroatoms. The highest BCUT2D eigenvalue weighted by Crippen LogP contribution is 2.23. The van der Waals surface area contributed by atoms with Crippen LogP contribution in [-0.2, 0) is 13.0 Å². The summed E-state index contributed by atoms with van der Waals surface area (Å²) in [6, 6.07) is 16.8. The van der Waals surface area contributed by atoms with Gasteiger partial charge in [0.15, 0.2) is 0 Å². The highest BCUT2D eigenvalue weighted by atomic mass is 19.1. The Hall–Kier alpha value is -3.71. The zero-order chi connectivity index (χ0) is 22.8. The molecule has 0 atom stereocenters. The third kappa shape index (κ3) is 4.45. The van der Waals surface area contributed by atoms with E-state index in [9.17, 15) is 9.18 Å². The molecule has 1 fully saturated rings. The van der Waals surface area contributed by atoms with E-state index in [4.69, 9.17) is 0 Å². The number of hydrogen-bond acceptors (Lipinski definition) is 5. The van der Waals surface area contributed by atoms with E-state index in [0.29, 0.717) is 19.5 Å². The lowest BCUT2D eigenvalue weighted by molar-refractivity contribution is 0.0317. The van der Waals surface area contributed by atoms with E-state index >= 15 is 0 Å². The van der Waals surface area contributed by atoms with Gasteiger partial charge < -0.3 is 4.90 Å². The van der Waals surface area contributed by atoms with Crippen LogP contribution in [0.15, 0.2) is 73.2 Å². The first kappa shape index (κ1) is 21.2. The monoisotopic (exact) mass is 441 g/mol. The van der Waals surface area contributed by atoms with E-state index in [1.807, 2.05) is 43.4 Å². The zero-order valence-corrected chi connectivity index (χ0v) is 18.4. The molecule has 0 saturated carbocycles. The molecule has 1 saturated heterocycles. The number of amides is 1. The van der Waals surface area contributed by atoms with Gasteiger partial charge >= 0.3 is 0 Å². The molecule has 1 amide bonds. The fourth-order valence-corrected chi connectivity index (χ4v) is 4.23. The van der Waals surface area contributed by atoms with Gasteiger partial charge in [0, 0.05) is 55.3 Å². The van der Waals surface area contributed by atoms with Crippen LogP contribution in [-0.4, -0.2) is 57.1 Å². The molecule has 3 heterocycles. The van der Waals surface area contributed by atoms with E-state index < -0.39 is 5.82 Å². The molecule has 2 aromatic heterocycles. The van der Waals surface area contributed by atoms with Crippen LogP contribution in [0.2, 0.25) is 0 Å². The first-order valence-electron chi connectivity index (χ1n) is 10.9. The fourth-order valence-electron chi connectivity index (χ4n) is 4.23. The number of carbonyl (C=O) groups excluding carboxylic acids is 1. The van der Waals surface area contributed by atoms with Gasteiger partial charge in [-0.1, -0.05) is 30.3 Å². The molecule has 1 aliphatic rings. The van der Waals surface area contributed by atoms with Gasteiger partial charge in [-0.15, -0.1) is 0 Å². The summed E-state index contributed by atoms with van der Waals surface area (Å²) in [4.78, 5) is 21.0. The largest absolute Gasteiger partial charge is 0.335 e. The Balaban J connectivity index is 1.27. The average molecular weight is 442 g/mol. The number of pyridine rings is 1. The lowest BCUT2D eigenvalue weighted by atomic mass is 10.00. The van der Waals surface area contributed by atoms with Crippen LogP contribution in [0.3, 0.4) is 0 Å². The highest BCUT2D eigenvalue weighted by Gasteiger charge is 2.34. The second kappa shape index (κ2) is 9.03. The quantitative estimate of drug-likeness (QED) is 0.457. The first-order chi connectivity index (χ1) is 16.1. The number of halogens is 1. The van der Waals surface area contributed by atoms with Crippen LogP contribution < -0.4 is 0 Å². The number of carbonyl (C=O) groups is 1. The Morgan fingerprint density at radius 2 is 1.88 bits per heavy atom. The Morgan fingerprint density at radius 3 is 2.70 bits per heavy atom. The molecule has 1 aliphatic heterocycles. The maximum atomic E-state index is 14.6. The van der Waals surface area contributed by atoms with Gasteiger partial charge in [0.05, 0.1) is 17.5 Å². The molecule has 0 bridgehead atoms. The average Bonchev–Trinajstić information content (AvgIpc) is 2.80. The van der Waals surface area contributed by atoms with Gasteiger partial charge in [-0.2, -0.15) is 10.2 Å². The number of benzene rings is 2. The van der Waals surface area contributed by atoms with Gasteiger partial charge in [0.2, 0.25) is 0 Å². The number of likely N-dealkylation sites (N-methyl/N-ethyl adjacent to an activating group) is 1. The van der Waals surface area contributed by atoms with E-state index in [0.717, 1.165) is 28.6 Å². The summed E-state index contributed by atoms with van der Waals surface area (Å²) in [5.74, 6) is -0.770. The fraction of sp³-hybridized carbons (Fsp3) is 0.231. The smallest absolute Gasteiger partial charge is 0.256 e. The molecule has 0 radical (unpaired) electrons. The predicted octanol–water partition coefficient (Wildman–Crippen LogP) is 3.71. The van der Waals surface area contributed by atoms with Crippen molar-refractivity contribution in [2.45, 2.75) is 19.0 Å². The molecule has 166 valence electrons. The molecule has 6 nitrogen and oxygen atoms in total. The van der Waals surface area contributed by atoms with Crippen molar-refractivity contribution in [3.05, 3.63) is 101 Å². The van der Waals surface area contributed by atoms with Crippen LogP contribution in [0, 0.1) is 5.82 Å². The molecule has 5 rings (SSSR count). The van der Waals surface area contributed by atoms with Crippen LogP contribution in [0.5, 0.6) is 0 Å². The van der Waals surface area contributed by atoms with Gasteiger partial charge in [0.1, 0.15) is 5.82 Å². The van der Waals surface area contributed by atoms with Gasteiger partial charge in [0.25, 0.3) is 5.91 Å². The van der Waals surface area contributed by atoms with Crippen molar-refractivity contribution in [2.24, 2.45) is 0 Å². The Labute approximate surface area is 191 Å². The van der Waals surface area contributed by atoms with E-state index in [2.05, 4.69) is 20.1 Å². The first-order valence-corrected chi connectivity index (χ1v) is 10.9. The minimum atomic E-state index is -0.499. The maximum Gasteiger partial charge on any atom is 0.256 e. The third-order valence-electron chi connectivity index (χ3n) is 6.23. The highest BCUT2D eigenvalue weighted by molar-refractivity contribution is 5.95. The second-order valence-corrected chi connectivity index (χ2v) is 8.50. The van der Waals surface area contributed by atoms with Gasteiger partial charge in [-0.25, -0.2) is 4.39 Å². The summed E-state index contributed by atoms with van der Waals surface area (Å²) in [5, 5.41) is 10.4. The molecular weight excluding hydrogens is 417 g/mol. The summed E-state index contributed by atoms with van der Waals surface area (Å²) < 4.78 is 14.6. The van der Waals surface area contributed by atoms with Gasteiger partial charge in [-0.05, 0) is 42.4 Å².